The lowest BCUT2D eigenvalue weighted by molar-refractivity contribution is 0.298. The van der Waals surface area contributed by atoms with Gasteiger partial charge in [0.2, 0.25) is 0 Å². The van der Waals surface area contributed by atoms with Gasteiger partial charge in [0.1, 0.15) is 0 Å². The largest absolute Gasteiger partial charge is 0.315 e. The molecule has 0 aliphatic heterocycles. The molecule has 0 aromatic heterocycles. The Balaban J connectivity index is 1.95. The predicted molar refractivity (Wildman–Crippen MR) is 59.3 cm³/mol. The van der Waals surface area contributed by atoms with Crippen LogP contribution in [0.2, 0.25) is 0 Å². The van der Waals surface area contributed by atoms with Crippen molar-refractivity contribution in [1.82, 2.24) is 5.32 Å². The second kappa shape index (κ2) is 6.12. The van der Waals surface area contributed by atoms with Crippen molar-refractivity contribution in [3.63, 3.8) is 0 Å². The Kier molecular flexibility index (Phi) is 5.09. The molecule has 1 aliphatic carbocycles. The van der Waals surface area contributed by atoms with Crippen LogP contribution < -0.4 is 5.32 Å². The molecule has 0 saturated heterocycles. The fraction of sp³-hybridized carbons (Fsp3) is 1.00. The zero-order valence-electron chi connectivity index (χ0n) is 9.22. The maximum Gasteiger partial charge on any atom is 0.0935 e. The number of nitrogens with one attached hydrogen (secondary N) is 1. The molecule has 14 heavy (non-hydrogen) atoms. The highest BCUT2D eigenvalue weighted by Gasteiger charge is 2.27. The van der Waals surface area contributed by atoms with Crippen molar-refractivity contribution < 1.29 is 0 Å². The third kappa shape index (κ3) is 4.18. The molecule has 1 rings (SSSR count). The van der Waals surface area contributed by atoms with Crippen LogP contribution in [-0.4, -0.2) is 19.6 Å². The smallest absolute Gasteiger partial charge is 0.0935 e. The molecule has 1 N–H and O–H groups in total. The zero-order chi connectivity index (χ0) is 10.3. The summed E-state index contributed by atoms with van der Waals surface area (Å²) in [4.78, 5) is 9.81. The van der Waals surface area contributed by atoms with Crippen molar-refractivity contribution in [2.45, 2.75) is 45.4 Å². The summed E-state index contributed by atoms with van der Waals surface area (Å²) < 4.78 is 0. The fourth-order valence-electron chi connectivity index (χ4n) is 2.37. The van der Waals surface area contributed by atoms with Crippen LogP contribution in [0.3, 0.4) is 0 Å². The highest BCUT2D eigenvalue weighted by Crippen LogP contribution is 2.41. The van der Waals surface area contributed by atoms with Gasteiger partial charge in [-0.2, -0.15) is 4.91 Å². The summed E-state index contributed by atoms with van der Waals surface area (Å²) in [5.74, 6) is 0. The molecular weight excluding hydrogens is 176 g/mol. The highest BCUT2D eigenvalue weighted by molar-refractivity contribution is 4.80. The van der Waals surface area contributed by atoms with Gasteiger partial charge in [0.25, 0.3) is 0 Å². The Hall–Kier alpha value is -0.440. The summed E-state index contributed by atoms with van der Waals surface area (Å²) in [5.41, 5.74) is 0.616. The first-order chi connectivity index (χ1) is 6.77. The third-order valence-electron chi connectivity index (χ3n) is 3.32. The summed E-state index contributed by atoms with van der Waals surface area (Å²) in [7, 11) is 0. The van der Waals surface area contributed by atoms with Gasteiger partial charge in [-0.15, -0.1) is 0 Å². The molecule has 0 atom stereocenters. The van der Waals surface area contributed by atoms with Crippen LogP contribution >= 0.6 is 0 Å². The molecule has 1 aliphatic rings. The summed E-state index contributed by atoms with van der Waals surface area (Å²) in [6, 6.07) is 0. The van der Waals surface area contributed by atoms with Gasteiger partial charge in [-0.3, -0.25) is 0 Å². The summed E-state index contributed by atoms with van der Waals surface area (Å²) in [5, 5.41) is 6.05. The minimum absolute atomic E-state index is 0.400. The van der Waals surface area contributed by atoms with Gasteiger partial charge in [0.05, 0.1) is 6.54 Å². The second-order valence-electron chi connectivity index (χ2n) is 4.72. The zero-order valence-corrected chi connectivity index (χ0v) is 9.22. The van der Waals surface area contributed by atoms with Crippen molar-refractivity contribution in [2.24, 2.45) is 10.6 Å². The molecule has 0 spiro atoms. The van der Waals surface area contributed by atoms with Gasteiger partial charge in [0.15, 0.2) is 0 Å². The number of nitroso groups, excluding NO2 is 1. The van der Waals surface area contributed by atoms with Crippen molar-refractivity contribution in [1.29, 1.82) is 0 Å². The summed E-state index contributed by atoms with van der Waals surface area (Å²) >= 11 is 0. The van der Waals surface area contributed by atoms with Gasteiger partial charge in [-0.05, 0) is 37.6 Å². The average Bonchev–Trinajstić information content (AvgIpc) is 2.59. The first-order valence-corrected chi connectivity index (χ1v) is 5.77. The van der Waals surface area contributed by atoms with E-state index in [9.17, 15) is 4.91 Å². The van der Waals surface area contributed by atoms with E-state index in [0.29, 0.717) is 12.0 Å². The maximum absolute atomic E-state index is 9.81. The molecule has 1 saturated carbocycles. The number of hydrogen-bond acceptors (Lipinski definition) is 3. The number of rotatable bonds is 7. The SMILES string of the molecule is CC1(CCCNCCN=O)CCCC1. The van der Waals surface area contributed by atoms with E-state index in [1.54, 1.807) is 0 Å². The molecule has 0 aromatic rings. The third-order valence-corrected chi connectivity index (χ3v) is 3.32. The van der Waals surface area contributed by atoms with Crippen molar-refractivity contribution in [3.05, 3.63) is 4.91 Å². The molecule has 0 amide bonds. The van der Waals surface area contributed by atoms with Gasteiger partial charge < -0.3 is 5.32 Å². The first-order valence-electron chi connectivity index (χ1n) is 5.77. The van der Waals surface area contributed by atoms with Gasteiger partial charge in [0, 0.05) is 6.54 Å². The quantitative estimate of drug-likeness (QED) is 0.505. The standard InChI is InChI=1S/C11H22N2O/c1-11(5-2-3-6-11)7-4-8-12-9-10-13-14/h12H,2-10H2,1H3. The molecule has 3 heteroatoms. The van der Waals surface area contributed by atoms with E-state index >= 15 is 0 Å². The lowest BCUT2D eigenvalue weighted by Gasteiger charge is -2.23. The number of hydrogen-bond donors (Lipinski definition) is 1. The first kappa shape index (κ1) is 11.6. The predicted octanol–water partition coefficient (Wildman–Crippen LogP) is 2.70. The van der Waals surface area contributed by atoms with Gasteiger partial charge in [-0.25, -0.2) is 0 Å². The molecule has 1 fully saturated rings. The van der Waals surface area contributed by atoms with E-state index in [1.165, 1.54) is 38.5 Å². The Bertz CT molecular complexity index is 165. The summed E-state index contributed by atoms with van der Waals surface area (Å²) in [6.07, 6.45) is 8.20. The molecule has 3 nitrogen and oxygen atoms in total. The average molecular weight is 198 g/mol. The molecule has 0 unspecified atom stereocenters. The molecule has 0 radical (unpaired) electrons. The van der Waals surface area contributed by atoms with E-state index < -0.39 is 0 Å². The molecule has 0 bridgehead atoms. The Morgan fingerprint density at radius 3 is 2.64 bits per heavy atom. The van der Waals surface area contributed by atoms with Gasteiger partial charge in [-0.1, -0.05) is 24.9 Å². The minimum atomic E-state index is 0.400. The number of nitrogens with zero attached hydrogens (tertiary/aromatic N) is 1. The van der Waals surface area contributed by atoms with Crippen LogP contribution in [-0.2, 0) is 0 Å². The van der Waals surface area contributed by atoms with Gasteiger partial charge >= 0.3 is 0 Å². The monoisotopic (exact) mass is 198 g/mol. The normalized spacial score (nSPS) is 19.8. The van der Waals surface area contributed by atoms with Crippen LogP contribution in [0.4, 0.5) is 0 Å². The van der Waals surface area contributed by atoms with E-state index in [1.807, 2.05) is 0 Å². The van der Waals surface area contributed by atoms with Crippen LogP contribution in [0.1, 0.15) is 45.4 Å². The van der Waals surface area contributed by atoms with Crippen molar-refractivity contribution in [2.75, 3.05) is 19.6 Å². The van der Waals surface area contributed by atoms with E-state index in [2.05, 4.69) is 17.4 Å². The maximum atomic E-state index is 9.81. The van der Waals surface area contributed by atoms with Crippen molar-refractivity contribution >= 4 is 0 Å². The van der Waals surface area contributed by atoms with Crippen LogP contribution in [0, 0.1) is 10.3 Å². The lowest BCUT2D eigenvalue weighted by Crippen LogP contribution is -2.21. The van der Waals surface area contributed by atoms with E-state index in [4.69, 9.17) is 0 Å². The Morgan fingerprint density at radius 1 is 1.29 bits per heavy atom. The molecule has 82 valence electrons. The topological polar surface area (TPSA) is 41.5 Å². The van der Waals surface area contributed by atoms with Crippen LogP contribution in [0.5, 0.6) is 0 Å². The summed E-state index contributed by atoms with van der Waals surface area (Å²) in [6.45, 7) is 4.58. The molecule has 0 aromatic carbocycles. The van der Waals surface area contributed by atoms with E-state index in [-0.39, 0.29) is 0 Å². The lowest BCUT2D eigenvalue weighted by atomic mass is 9.84. The highest BCUT2D eigenvalue weighted by atomic mass is 16.3. The molecular formula is C11H22N2O. The van der Waals surface area contributed by atoms with Crippen LogP contribution in [0.15, 0.2) is 5.18 Å². The fourth-order valence-corrected chi connectivity index (χ4v) is 2.37. The second-order valence-corrected chi connectivity index (χ2v) is 4.72. The van der Waals surface area contributed by atoms with Crippen molar-refractivity contribution in [3.8, 4) is 0 Å². The van der Waals surface area contributed by atoms with Crippen LogP contribution in [0.25, 0.3) is 0 Å². The Morgan fingerprint density at radius 2 is 2.00 bits per heavy atom. The Labute approximate surface area is 86.6 Å². The minimum Gasteiger partial charge on any atom is -0.315 e. The molecule has 0 heterocycles. The van der Waals surface area contributed by atoms with E-state index in [0.717, 1.165) is 13.1 Å².